The average Bonchev–Trinajstić information content (AvgIpc) is 2.97. The van der Waals surface area contributed by atoms with E-state index in [2.05, 4.69) is 59.2 Å². The lowest BCUT2D eigenvalue weighted by Crippen LogP contribution is -2.48. The third-order valence-electron chi connectivity index (χ3n) is 8.19. The molecule has 2 saturated heterocycles. The highest BCUT2D eigenvalue weighted by Gasteiger charge is 2.24. The number of nitriles is 1. The number of hydrogen-bond donors (Lipinski definition) is 0. The van der Waals surface area contributed by atoms with E-state index in [1.165, 1.54) is 73.8 Å². The highest BCUT2D eigenvalue weighted by Crippen LogP contribution is 2.35. The van der Waals surface area contributed by atoms with Gasteiger partial charge < -0.3 is 14.7 Å². The van der Waals surface area contributed by atoms with Crippen molar-refractivity contribution in [1.82, 2.24) is 9.80 Å². The number of piperazine rings is 1. The van der Waals surface area contributed by atoms with E-state index in [0.717, 1.165) is 13.1 Å². The van der Waals surface area contributed by atoms with Gasteiger partial charge in [0, 0.05) is 42.8 Å². The topological polar surface area (TPSA) is 50.6 Å². The van der Waals surface area contributed by atoms with E-state index >= 15 is 0 Å². The summed E-state index contributed by atoms with van der Waals surface area (Å²) in [5.41, 5.74) is 3.95. The molecule has 5 rings (SSSR count). The molecule has 0 radical (unpaired) electrons. The molecule has 1 amide bonds. The minimum atomic E-state index is 0.0442. The quantitative estimate of drug-likeness (QED) is 0.402. The Kier molecular flexibility index (Phi) is 8.06. The molecule has 5 heteroatoms. The molecule has 0 saturated carbocycles. The SMILES string of the molecule is CC(CCCN1CCCCC1)c1ccc(N2CCN(C(=O)c3ccc(C#N)cc3)CC2)c2ccccc12. The zero-order valence-corrected chi connectivity index (χ0v) is 22.0. The van der Waals surface area contributed by atoms with Crippen LogP contribution in [0.4, 0.5) is 5.69 Å². The second kappa shape index (κ2) is 11.8. The molecule has 1 atom stereocenters. The van der Waals surface area contributed by atoms with Gasteiger partial charge in [-0.1, -0.05) is 43.7 Å². The number of amides is 1. The van der Waals surface area contributed by atoms with Gasteiger partial charge in [-0.3, -0.25) is 4.79 Å². The Balaban J connectivity index is 1.24. The van der Waals surface area contributed by atoms with Crippen LogP contribution >= 0.6 is 0 Å². The number of nitrogens with zero attached hydrogens (tertiary/aromatic N) is 4. The molecule has 3 aromatic rings. The molecule has 2 fully saturated rings. The maximum Gasteiger partial charge on any atom is 0.253 e. The standard InChI is InChI=1S/C32H38N4O/c1-25(8-7-19-34-17-5-2-6-18-34)28-15-16-31(30-10-4-3-9-29(28)30)35-20-22-36(23-21-35)32(37)27-13-11-26(24-33)12-14-27/h3-4,9-16,25H,2,5-8,17-23H2,1H3. The number of hydrogen-bond acceptors (Lipinski definition) is 4. The first-order valence-electron chi connectivity index (χ1n) is 13.9. The molecule has 0 bridgehead atoms. The van der Waals surface area contributed by atoms with Gasteiger partial charge in [0.25, 0.3) is 5.91 Å². The van der Waals surface area contributed by atoms with Gasteiger partial charge in [0.2, 0.25) is 0 Å². The van der Waals surface area contributed by atoms with Crippen molar-refractivity contribution in [2.24, 2.45) is 0 Å². The summed E-state index contributed by atoms with van der Waals surface area (Å²) in [4.78, 5) is 20.0. The van der Waals surface area contributed by atoms with E-state index in [4.69, 9.17) is 5.26 Å². The monoisotopic (exact) mass is 494 g/mol. The number of fused-ring (bicyclic) bond motifs is 1. The maximum atomic E-state index is 13.0. The largest absolute Gasteiger partial charge is 0.367 e. The molecule has 1 unspecified atom stereocenters. The van der Waals surface area contributed by atoms with Crippen LogP contribution in [0, 0.1) is 11.3 Å². The van der Waals surface area contributed by atoms with Gasteiger partial charge in [0.1, 0.15) is 0 Å². The number of benzene rings is 3. The third kappa shape index (κ3) is 5.81. The second-order valence-corrected chi connectivity index (χ2v) is 10.6. The minimum Gasteiger partial charge on any atom is -0.367 e. The van der Waals surface area contributed by atoms with Gasteiger partial charge in [-0.2, -0.15) is 5.26 Å². The van der Waals surface area contributed by atoms with Crippen molar-refractivity contribution in [2.45, 2.75) is 44.9 Å². The zero-order chi connectivity index (χ0) is 25.6. The maximum absolute atomic E-state index is 13.0. The molecule has 37 heavy (non-hydrogen) atoms. The van der Waals surface area contributed by atoms with Gasteiger partial charge in [-0.15, -0.1) is 0 Å². The summed E-state index contributed by atoms with van der Waals surface area (Å²) >= 11 is 0. The number of carbonyl (C=O) groups excluding carboxylic acids is 1. The van der Waals surface area contributed by atoms with Crippen LogP contribution in [0.3, 0.4) is 0 Å². The van der Waals surface area contributed by atoms with Crippen LogP contribution < -0.4 is 4.90 Å². The molecule has 2 aliphatic rings. The van der Waals surface area contributed by atoms with Crippen LogP contribution in [0.2, 0.25) is 0 Å². The van der Waals surface area contributed by atoms with Gasteiger partial charge in [-0.25, -0.2) is 0 Å². The summed E-state index contributed by atoms with van der Waals surface area (Å²) < 4.78 is 0. The smallest absolute Gasteiger partial charge is 0.253 e. The van der Waals surface area contributed by atoms with Crippen molar-refractivity contribution < 1.29 is 4.79 Å². The van der Waals surface area contributed by atoms with Crippen molar-refractivity contribution >= 4 is 22.4 Å². The highest BCUT2D eigenvalue weighted by atomic mass is 16.2. The van der Waals surface area contributed by atoms with Gasteiger partial charge >= 0.3 is 0 Å². The van der Waals surface area contributed by atoms with Gasteiger partial charge in [0.05, 0.1) is 11.6 Å². The van der Waals surface area contributed by atoms with Crippen molar-refractivity contribution in [3.8, 4) is 6.07 Å². The first-order valence-corrected chi connectivity index (χ1v) is 13.9. The number of likely N-dealkylation sites (tertiary alicyclic amines) is 1. The zero-order valence-electron chi connectivity index (χ0n) is 22.0. The number of piperidine rings is 1. The molecule has 5 nitrogen and oxygen atoms in total. The first-order chi connectivity index (χ1) is 18.1. The van der Waals surface area contributed by atoms with Crippen molar-refractivity contribution in [1.29, 1.82) is 5.26 Å². The summed E-state index contributed by atoms with van der Waals surface area (Å²) in [6.07, 6.45) is 6.59. The van der Waals surface area contributed by atoms with E-state index < -0.39 is 0 Å². The molecule has 2 aliphatic heterocycles. The molecule has 192 valence electrons. The van der Waals surface area contributed by atoms with E-state index in [-0.39, 0.29) is 5.91 Å². The molecule has 0 spiro atoms. The van der Waals surface area contributed by atoms with E-state index in [0.29, 0.717) is 30.1 Å². The van der Waals surface area contributed by atoms with E-state index in [1.807, 2.05) is 4.90 Å². The number of rotatable bonds is 7. The molecule has 2 heterocycles. The molecule has 3 aromatic carbocycles. The predicted molar refractivity (Wildman–Crippen MR) is 151 cm³/mol. The van der Waals surface area contributed by atoms with Crippen LogP contribution in [0.15, 0.2) is 60.7 Å². The summed E-state index contributed by atoms with van der Waals surface area (Å²) in [7, 11) is 0. The molecular weight excluding hydrogens is 456 g/mol. The van der Waals surface area contributed by atoms with Crippen LogP contribution in [-0.4, -0.2) is 61.5 Å². The second-order valence-electron chi connectivity index (χ2n) is 10.6. The van der Waals surface area contributed by atoms with Crippen LogP contribution in [-0.2, 0) is 0 Å². The summed E-state index contributed by atoms with van der Waals surface area (Å²) in [6, 6.07) is 22.5. The normalized spacial score (nSPS) is 17.5. The Morgan fingerprint density at radius 1 is 0.865 bits per heavy atom. The van der Waals surface area contributed by atoms with Crippen LogP contribution in [0.25, 0.3) is 10.8 Å². The fourth-order valence-corrected chi connectivity index (χ4v) is 5.99. The molecule has 0 N–H and O–H groups in total. The number of anilines is 1. The summed E-state index contributed by atoms with van der Waals surface area (Å²) in [5.74, 6) is 0.577. The molecular formula is C32H38N4O. The summed E-state index contributed by atoms with van der Waals surface area (Å²) in [5, 5.41) is 11.7. The first kappa shape index (κ1) is 25.3. The Morgan fingerprint density at radius 3 is 2.27 bits per heavy atom. The van der Waals surface area contributed by atoms with Gasteiger partial charge in [-0.05, 0) is 92.5 Å². The molecule has 0 aromatic heterocycles. The van der Waals surface area contributed by atoms with Crippen molar-refractivity contribution in [3.63, 3.8) is 0 Å². The highest BCUT2D eigenvalue weighted by molar-refractivity contribution is 5.97. The van der Waals surface area contributed by atoms with Gasteiger partial charge in [0.15, 0.2) is 0 Å². The third-order valence-corrected chi connectivity index (χ3v) is 8.19. The van der Waals surface area contributed by atoms with Crippen molar-refractivity contribution in [2.75, 3.05) is 50.7 Å². The lowest BCUT2D eigenvalue weighted by molar-refractivity contribution is 0.0747. The fourth-order valence-electron chi connectivity index (χ4n) is 5.99. The number of carbonyl (C=O) groups is 1. The minimum absolute atomic E-state index is 0.0442. The lowest BCUT2D eigenvalue weighted by atomic mass is 9.90. The van der Waals surface area contributed by atoms with Crippen LogP contribution in [0.5, 0.6) is 0 Å². The van der Waals surface area contributed by atoms with E-state index in [1.54, 1.807) is 24.3 Å². The predicted octanol–water partition coefficient (Wildman–Crippen LogP) is 6.04. The summed E-state index contributed by atoms with van der Waals surface area (Å²) in [6.45, 7) is 9.19. The Hall–Kier alpha value is -3.36. The average molecular weight is 495 g/mol. The Bertz CT molecular complexity index is 1250. The fraction of sp³-hybridized carbons (Fsp3) is 0.438. The lowest BCUT2D eigenvalue weighted by Gasteiger charge is -2.37. The molecule has 0 aliphatic carbocycles. The Labute approximate surface area is 221 Å². The van der Waals surface area contributed by atoms with E-state index in [9.17, 15) is 4.79 Å². The van der Waals surface area contributed by atoms with Crippen molar-refractivity contribution in [3.05, 3.63) is 77.4 Å². The van der Waals surface area contributed by atoms with Crippen LogP contribution in [0.1, 0.15) is 66.4 Å². The Morgan fingerprint density at radius 2 is 1.57 bits per heavy atom.